The van der Waals surface area contributed by atoms with Gasteiger partial charge in [-0.1, -0.05) is 30.3 Å². The minimum absolute atomic E-state index is 0.000577. The highest BCUT2D eigenvalue weighted by Crippen LogP contribution is 2.23. The van der Waals surface area contributed by atoms with E-state index in [1.54, 1.807) is 18.0 Å². The van der Waals surface area contributed by atoms with Gasteiger partial charge in [0.2, 0.25) is 0 Å². The number of carbonyl (C=O) groups is 2. The van der Waals surface area contributed by atoms with Crippen LogP contribution >= 0.6 is 0 Å². The molecule has 1 aliphatic rings. The van der Waals surface area contributed by atoms with Crippen LogP contribution in [0.25, 0.3) is 0 Å². The van der Waals surface area contributed by atoms with Crippen LogP contribution in [-0.4, -0.2) is 27.8 Å². The van der Waals surface area contributed by atoms with E-state index in [9.17, 15) is 18.8 Å². The monoisotopic (exact) mass is 433 g/mol. The van der Waals surface area contributed by atoms with Crippen LogP contribution < -0.4 is 11.3 Å². The van der Waals surface area contributed by atoms with Gasteiger partial charge < -0.3 is 15.2 Å². The van der Waals surface area contributed by atoms with Gasteiger partial charge in [0.1, 0.15) is 11.4 Å². The first-order valence-electron chi connectivity index (χ1n) is 10.5. The normalized spacial score (nSPS) is 13.0. The van der Waals surface area contributed by atoms with Crippen molar-refractivity contribution in [2.75, 3.05) is 6.54 Å². The molecule has 0 atom stereocenters. The molecule has 1 aliphatic heterocycles. The molecule has 0 saturated carbocycles. The Morgan fingerprint density at radius 3 is 2.56 bits per heavy atom. The number of halogens is 1. The summed E-state index contributed by atoms with van der Waals surface area (Å²) in [4.78, 5) is 39.8. The number of nitrogens with two attached hydrogens (primary N) is 1. The lowest BCUT2D eigenvalue weighted by molar-refractivity contribution is 0.0733. The fourth-order valence-electron chi connectivity index (χ4n) is 4.24. The average Bonchev–Trinajstić information content (AvgIpc) is 2.77. The quantitative estimate of drug-likeness (QED) is 0.671. The van der Waals surface area contributed by atoms with Crippen molar-refractivity contribution in [2.24, 2.45) is 5.73 Å². The first-order valence-corrected chi connectivity index (χ1v) is 10.5. The lowest BCUT2D eigenvalue weighted by Crippen LogP contribution is -2.40. The van der Waals surface area contributed by atoms with Crippen molar-refractivity contribution in [3.05, 3.63) is 104 Å². The molecule has 0 spiro atoms. The van der Waals surface area contributed by atoms with Crippen LogP contribution in [0.1, 0.15) is 43.0 Å². The SMILES string of the molecule is Cc1cc(F)ccc1C(=O)N1CCc2c(cn(CCc3ccccc3)c(=O)c2C(N)=O)C1. The third-order valence-electron chi connectivity index (χ3n) is 5.91. The molecule has 0 fully saturated rings. The van der Waals surface area contributed by atoms with Crippen LogP contribution in [-0.2, 0) is 25.9 Å². The largest absolute Gasteiger partial charge is 0.365 e. The van der Waals surface area contributed by atoms with Gasteiger partial charge >= 0.3 is 0 Å². The molecule has 0 bridgehead atoms. The summed E-state index contributed by atoms with van der Waals surface area (Å²) < 4.78 is 14.9. The Morgan fingerprint density at radius 1 is 1.12 bits per heavy atom. The van der Waals surface area contributed by atoms with E-state index in [1.165, 1.54) is 22.8 Å². The maximum atomic E-state index is 13.4. The van der Waals surface area contributed by atoms with Gasteiger partial charge in [0.05, 0.1) is 0 Å². The lowest BCUT2D eigenvalue weighted by atomic mass is 9.95. The number of hydrogen-bond acceptors (Lipinski definition) is 3. The summed E-state index contributed by atoms with van der Waals surface area (Å²) in [6.07, 6.45) is 2.70. The van der Waals surface area contributed by atoms with Crippen molar-refractivity contribution in [1.82, 2.24) is 9.47 Å². The fourth-order valence-corrected chi connectivity index (χ4v) is 4.24. The summed E-state index contributed by atoms with van der Waals surface area (Å²) in [6, 6.07) is 13.8. The average molecular weight is 433 g/mol. The van der Waals surface area contributed by atoms with Crippen LogP contribution in [0.5, 0.6) is 0 Å². The van der Waals surface area contributed by atoms with Gasteiger partial charge in [-0.3, -0.25) is 14.4 Å². The van der Waals surface area contributed by atoms with E-state index in [0.717, 1.165) is 11.1 Å². The number of hydrogen-bond donors (Lipinski definition) is 1. The number of nitrogens with zero attached hydrogens (tertiary/aromatic N) is 2. The number of primary amides is 1. The first-order chi connectivity index (χ1) is 15.3. The van der Waals surface area contributed by atoms with Crippen molar-refractivity contribution in [1.29, 1.82) is 0 Å². The molecule has 0 unspecified atom stereocenters. The summed E-state index contributed by atoms with van der Waals surface area (Å²) in [5.41, 5.74) is 8.57. The lowest BCUT2D eigenvalue weighted by Gasteiger charge is -2.30. The minimum Gasteiger partial charge on any atom is -0.365 e. The zero-order chi connectivity index (χ0) is 22.8. The van der Waals surface area contributed by atoms with E-state index in [4.69, 9.17) is 5.73 Å². The van der Waals surface area contributed by atoms with E-state index >= 15 is 0 Å². The van der Waals surface area contributed by atoms with Crippen molar-refractivity contribution in [3.8, 4) is 0 Å². The predicted octanol–water partition coefficient (Wildman–Crippen LogP) is 2.84. The van der Waals surface area contributed by atoms with Crippen LogP contribution in [0.4, 0.5) is 4.39 Å². The Bertz CT molecular complexity index is 1250. The number of carbonyl (C=O) groups excluding carboxylic acids is 2. The second-order valence-corrected chi connectivity index (χ2v) is 8.04. The number of benzene rings is 2. The molecule has 2 N–H and O–H groups in total. The number of pyridine rings is 1. The minimum atomic E-state index is -0.755. The second kappa shape index (κ2) is 8.78. The summed E-state index contributed by atoms with van der Waals surface area (Å²) >= 11 is 0. The number of aryl methyl sites for hydroxylation is 3. The molecule has 0 saturated heterocycles. The van der Waals surface area contributed by atoms with Crippen molar-refractivity contribution in [2.45, 2.75) is 32.9 Å². The molecule has 2 amide bonds. The Kier molecular flexibility index (Phi) is 5.90. The Labute approximate surface area is 185 Å². The zero-order valence-corrected chi connectivity index (χ0v) is 17.8. The molecule has 6 nitrogen and oxygen atoms in total. The Balaban J connectivity index is 1.65. The maximum Gasteiger partial charge on any atom is 0.263 e. The zero-order valence-electron chi connectivity index (χ0n) is 17.8. The highest BCUT2D eigenvalue weighted by Gasteiger charge is 2.28. The first kappa shape index (κ1) is 21.5. The topological polar surface area (TPSA) is 85.4 Å². The fraction of sp³-hybridized carbons (Fsp3) is 0.240. The molecule has 164 valence electrons. The summed E-state index contributed by atoms with van der Waals surface area (Å²) in [7, 11) is 0. The predicted molar refractivity (Wildman–Crippen MR) is 119 cm³/mol. The second-order valence-electron chi connectivity index (χ2n) is 8.04. The molecule has 7 heteroatoms. The molecule has 1 aromatic heterocycles. The number of rotatable bonds is 5. The summed E-state index contributed by atoms with van der Waals surface area (Å²) in [5.74, 6) is -1.36. The highest BCUT2D eigenvalue weighted by molar-refractivity contribution is 5.96. The van der Waals surface area contributed by atoms with Crippen LogP contribution in [0.2, 0.25) is 0 Å². The highest BCUT2D eigenvalue weighted by atomic mass is 19.1. The Hall–Kier alpha value is -3.74. The van der Waals surface area contributed by atoms with E-state index < -0.39 is 17.3 Å². The summed E-state index contributed by atoms with van der Waals surface area (Å²) in [5, 5.41) is 0. The smallest absolute Gasteiger partial charge is 0.263 e. The van der Waals surface area contributed by atoms with E-state index in [2.05, 4.69) is 0 Å². The standard InChI is InChI=1S/C25H24FN3O3/c1-16-13-19(26)7-8-20(16)24(31)28-12-10-21-18(14-28)15-29(25(32)22(21)23(27)30)11-9-17-5-3-2-4-6-17/h2-8,13,15H,9-12,14H2,1H3,(H2,27,30). The third-order valence-corrected chi connectivity index (χ3v) is 5.91. The van der Waals surface area contributed by atoms with Gasteiger partial charge in [-0.15, -0.1) is 0 Å². The third kappa shape index (κ3) is 4.19. The van der Waals surface area contributed by atoms with Gasteiger partial charge in [0.15, 0.2) is 0 Å². The van der Waals surface area contributed by atoms with Gasteiger partial charge in [-0.25, -0.2) is 4.39 Å². The molecular weight excluding hydrogens is 409 g/mol. The van der Waals surface area contributed by atoms with Gasteiger partial charge in [0, 0.05) is 31.4 Å². The van der Waals surface area contributed by atoms with Crippen molar-refractivity contribution in [3.63, 3.8) is 0 Å². The molecule has 2 heterocycles. The molecular formula is C25H24FN3O3. The van der Waals surface area contributed by atoms with E-state index in [-0.39, 0.29) is 18.0 Å². The maximum absolute atomic E-state index is 13.4. The molecule has 3 aromatic rings. The summed E-state index contributed by atoms with van der Waals surface area (Å²) in [6.45, 7) is 2.68. The Morgan fingerprint density at radius 2 is 1.88 bits per heavy atom. The van der Waals surface area contributed by atoms with Crippen LogP contribution in [0.3, 0.4) is 0 Å². The molecule has 0 aliphatic carbocycles. The molecule has 32 heavy (non-hydrogen) atoms. The van der Waals surface area contributed by atoms with Crippen molar-refractivity contribution >= 4 is 11.8 Å². The van der Waals surface area contributed by atoms with Gasteiger partial charge in [-0.05, 0) is 60.2 Å². The molecule has 2 aromatic carbocycles. The molecule has 0 radical (unpaired) electrons. The van der Waals surface area contributed by atoms with Crippen LogP contribution in [0.15, 0.2) is 59.5 Å². The van der Waals surface area contributed by atoms with Gasteiger partial charge in [-0.2, -0.15) is 0 Å². The van der Waals surface area contributed by atoms with Crippen molar-refractivity contribution < 1.29 is 14.0 Å². The number of aromatic nitrogens is 1. The van der Waals surface area contributed by atoms with Gasteiger partial charge in [0.25, 0.3) is 17.4 Å². The molecule has 4 rings (SSSR count). The van der Waals surface area contributed by atoms with Crippen LogP contribution in [0, 0.1) is 12.7 Å². The number of amides is 2. The number of fused-ring (bicyclic) bond motifs is 1. The van der Waals surface area contributed by atoms with E-state index in [1.807, 2.05) is 30.3 Å². The van der Waals surface area contributed by atoms with E-state index in [0.29, 0.717) is 42.6 Å².